The molecule has 0 amide bonds. The summed E-state index contributed by atoms with van der Waals surface area (Å²) in [6.45, 7) is 6.46. The summed E-state index contributed by atoms with van der Waals surface area (Å²) < 4.78 is 0.692. The van der Waals surface area contributed by atoms with Crippen molar-refractivity contribution in [2.75, 3.05) is 11.1 Å². The third-order valence-corrected chi connectivity index (χ3v) is 5.08. The predicted molar refractivity (Wildman–Crippen MR) is 75.5 cm³/mol. The van der Waals surface area contributed by atoms with Crippen molar-refractivity contribution in [3.05, 3.63) is 0 Å². The van der Waals surface area contributed by atoms with Crippen molar-refractivity contribution in [3.63, 3.8) is 0 Å². The Kier molecular flexibility index (Phi) is 5.87. The second kappa shape index (κ2) is 6.94. The molecule has 102 valence electrons. The number of carbonyl (C=O) groups is 1. The Morgan fingerprint density at radius 1 is 1.33 bits per heavy atom. The van der Waals surface area contributed by atoms with Gasteiger partial charge < -0.3 is 10.4 Å². The summed E-state index contributed by atoms with van der Waals surface area (Å²) in [5, 5.41) is 20.9. The van der Waals surface area contributed by atoms with Crippen LogP contribution in [-0.2, 0) is 4.79 Å². The molecule has 0 spiro atoms. The second-order valence-electron chi connectivity index (χ2n) is 4.02. The van der Waals surface area contributed by atoms with E-state index in [9.17, 15) is 4.79 Å². The molecule has 0 unspecified atom stereocenters. The van der Waals surface area contributed by atoms with Crippen LogP contribution in [0, 0.1) is 0 Å². The third-order valence-electron chi connectivity index (χ3n) is 3.13. The van der Waals surface area contributed by atoms with Crippen LogP contribution in [0.4, 0.5) is 5.13 Å². The molecular formula is C11H19N3O2S2. The lowest BCUT2D eigenvalue weighted by Crippen LogP contribution is -2.36. The molecular weight excluding hydrogens is 270 g/mol. The molecule has 0 fully saturated rings. The van der Waals surface area contributed by atoms with E-state index in [-0.39, 0.29) is 11.3 Å². The Labute approximate surface area is 115 Å². The molecule has 7 heteroatoms. The van der Waals surface area contributed by atoms with E-state index >= 15 is 0 Å². The van der Waals surface area contributed by atoms with Crippen molar-refractivity contribution in [1.29, 1.82) is 0 Å². The van der Waals surface area contributed by atoms with E-state index in [1.165, 1.54) is 23.1 Å². The molecule has 5 nitrogen and oxygen atoms in total. The zero-order chi connectivity index (χ0) is 13.6. The van der Waals surface area contributed by atoms with E-state index in [1.807, 2.05) is 0 Å². The second-order valence-corrected chi connectivity index (χ2v) is 6.22. The molecule has 0 bridgehead atoms. The zero-order valence-corrected chi connectivity index (χ0v) is 12.5. The van der Waals surface area contributed by atoms with Crippen LogP contribution < -0.4 is 5.32 Å². The first kappa shape index (κ1) is 15.2. The van der Waals surface area contributed by atoms with Crippen LogP contribution in [0.5, 0.6) is 0 Å². The number of nitrogens with one attached hydrogen (secondary N) is 1. The van der Waals surface area contributed by atoms with E-state index in [0.717, 1.165) is 24.4 Å². The number of hydrogen-bond acceptors (Lipinski definition) is 6. The van der Waals surface area contributed by atoms with E-state index in [0.29, 0.717) is 4.34 Å². The highest BCUT2D eigenvalue weighted by Gasteiger charge is 2.24. The predicted octanol–water partition coefficient (Wildman–Crippen LogP) is 3.10. The minimum absolute atomic E-state index is 0.0229. The third kappa shape index (κ3) is 4.13. The number of thioether (sulfide) groups is 1. The van der Waals surface area contributed by atoms with Crippen LogP contribution in [0.15, 0.2) is 4.34 Å². The van der Waals surface area contributed by atoms with Crippen LogP contribution in [0.2, 0.25) is 0 Å². The number of carboxylic acids is 1. The van der Waals surface area contributed by atoms with E-state index in [1.54, 1.807) is 0 Å². The number of rotatable bonds is 8. The van der Waals surface area contributed by atoms with Gasteiger partial charge in [-0.1, -0.05) is 43.9 Å². The molecule has 1 heterocycles. The Hall–Kier alpha value is -0.820. The normalized spacial score (nSPS) is 11.5. The summed E-state index contributed by atoms with van der Waals surface area (Å²) in [6.07, 6.45) is 3.07. The van der Waals surface area contributed by atoms with Crippen LogP contribution in [0.1, 0.15) is 40.0 Å². The molecule has 0 atom stereocenters. The molecule has 0 saturated carbocycles. The maximum atomic E-state index is 10.5. The number of anilines is 1. The summed E-state index contributed by atoms with van der Waals surface area (Å²) in [6, 6.07) is 0. The maximum absolute atomic E-state index is 10.5. The van der Waals surface area contributed by atoms with E-state index in [4.69, 9.17) is 5.11 Å². The minimum Gasteiger partial charge on any atom is -0.481 e. The highest BCUT2D eigenvalue weighted by molar-refractivity contribution is 8.01. The van der Waals surface area contributed by atoms with Gasteiger partial charge in [0, 0.05) is 5.54 Å². The molecule has 1 aromatic heterocycles. The summed E-state index contributed by atoms with van der Waals surface area (Å²) in [5.74, 6) is -0.815. The highest BCUT2D eigenvalue weighted by atomic mass is 32.2. The molecule has 1 aromatic rings. The lowest BCUT2D eigenvalue weighted by molar-refractivity contribution is -0.133. The van der Waals surface area contributed by atoms with E-state index < -0.39 is 5.97 Å². The van der Waals surface area contributed by atoms with Gasteiger partial charge in [-0.3, -0.25) is 4.79 Å². The Balaban J connectivity index is 2.65. The van der Waals surface area contributed by atoms with Crippen LogP contribution >= 0.6 is 23.1 Å². The highest BCUT2D eigenvalue weighted by Crippen LogP contribution is 2.30. The van der Waals surface area contributed by atoms with Gasteiger partial charge in [-0.25, -0.2) is 0 Å². The van der Waals surface area contributed by atoms with E-state index in [2.05, 4.69) is 36.3 Å². The monoisotopic (exact) mass is 289 g/mol. The molecule has 0 radical (unpaired) electrons. The number of hydrogen-bond donors (Lipinski definition) is 2. The molecule has 2 N–H and O–H groups in total. The summed E-state index contributed by atoms with van der Waals surface area (Å²) in [4.78, 5) is 10.5. The maximum Gasteiger partial charge on any atom is 0.313 e. The topological polar surface area (TPSA) is 75.1 Å². The fraction of sp³-hybridized carbons (Fsp3) is 0.727. The fourth-order valence-corrected chi connectivity index (χ4v) is 3.28. The first-order valence-corrected chi connectivity index (χ1v) is 7.81. The first-order valence-electron chi connectivity index (χ1n) is 6.01. The van der Waals surface area contributed by atoms with Crippen molar-refractivity contribution in [1.82, 2.24) is 10.2 Å². The standard InChI is InChI=1S/C11H19N3O2S2/c1-4-11(5-2,6-3)12-9-13-14-10(18-9)17-7-8(15)16/h4-7H2,1-3H3,(H,12,13)(H,15,16). The lowest BCUT2D eigenvalue weighted by Gasteiger charge is -2.31. The Morgan fingerprint density at radius 2 is 1.94 bits per heavy atom. The first-order chi connectivity index (χ1) is 8.55. The van der Waals surface area contributed by atoms with Gasteiger partial charge in [0.15, 0.2) is 4.34 Å². The van der Waals surface area contributed by atoms with Gasteiger partial charge in [0.25, 0.3) is 0 Å². The number of carboxylic acid groups (broad SMARTS) is 1. The smallest absolute Gasteiger partial charge is 0.313 e. The summed E-state index contributed by atoms with van der Waals surface area (Å²) in [7, 11) is 0. The molecule has 0 aliphatic heterocycles. The van der Waals surface area contributed by atoms with Gasteiger partial charge in [-0.15, -0.1) is 10.2 Å². The van der Waals surface area contributed by atoms with Crippen molar-refractivity contribution in [3.8, 4) is 0 Å². The molecule has 1 rings (SSSR count). The van der Waals surface area contributed by atoms with Crippen LogP contribution in [0.25, 0.3) is 0 Å². The van der Waals surface area contributed by atoms with Gasteiger partial charge in [0.2, 0.25) is 5.13 Å². The summed E-state index contributed by atoms with van der Waals surface area (Å²) >= 11 is 2.62. The van der Waals surface area contributed by atoms with Gasteiger partial charge in [0.05, 0.1) is 5.75 Å². The number of nitrogens with zero attached hydrogens (tertiary/aromatic N) is 2. The molecule has 18 heavy (non-hydrogen) atoms. The fourth-order valence-electron chi connectivity index (χ4n) is 1.68. The van der Waals surface area contributed by atoms with Gasteiger partial charge in [-0.2, -0.15) is 0 Å². The number of aliphatic carboxylic acids is 1. The number of aromatic nitrogens is 2. The minimum atomic E-state index is -0.838. The summed E-state index contributed by atoms with van der Waals surface area (Å²) in [5.41, 5.74) is 0.0638. The zero-order valence-electron chi connectivity index (χ0n) is 10.9. The largest absolute Gasteiger partial charge is 0.481 e. The van der Waals surface area contributed by atoms with Gasteiger partial charge in [0.1, 0.15) is 0 Å². The molecule has 0 aromatic carbocycles. The van der Waals surface area contributed by atoms with Gasteiger partial charge >= 0.3 is 5.97 Å². The van der Waals surface area contributed by atoms with Crippen molar-refractivity contribution in [2.24, 2.45) is 0 Å². The molecule has 0 aliphatic carbocycles. The van der Waals surface area contributed by atoms with Crippen molar-refractivity contribution < 1.29 is 9.90 Å². The molecule has 0 saturated heterocycles. The SMILES string of the molecule is CCC(CC)(CC)Nc1nnc(SCC(=O)O)s1. The van der Waals surface area contributed by atoms with Crippen LogP contribution in [0.3, 0.4) is 0 Å². The Bertz CT molecular complexity index is 383. The van der Waals surface area contributed by atoms with Crippen molar-refractivity contribution >= 4 is 34.2 Å². The molecule has 0 aliphatic rings. The lowest BCUT2D eigenvalue weighted by atomic mass is 9.90. The van der Waals surface area contributed by atoms with Gasteiger partial charge in [-0.05, 0) is 19.3 Å². The van der Waals surface area contributed by atoms with Crippen LogP contribution in [-0.4, -0.2) is 32.6 Å². The average molecular weight is 289 g/mol. The quantitative estimate of drug-likeness (QED) is 0.716. The average Bonchev–Trinajstić information content (AvgIpc) is 2.81. The Morgan fingerprint density at radius 3 is 2.44 bits per heavy atom. The van der Waals surface area contributed by atoms with Crippen molar-refractivity contribution in [2.45, 2.75) is 49.9 Å².